The highest BCUT2D eigenvalue weighted by atomic mass is 16.6. The molecule has 0 bridgehead atoms. The second-order valence-electron chi connectivity index (χ2n) is 4.66. The first-order chi connectivity index (χ1) is 8.06. The number of ether oxygens (including phenoxy) is 1. The first-order valence-corrected chi connectivity index (χ1v) is 6.14. The molecule has 17 heavy (non-hydrogen) atoms. The van der Waals surface area contributed by atoms with Crippen molar-refractivity contribution in [1.82, 2.24) is 5.32 Å². The van der Waals surface area contributed by atoms with Gasteiger partial charge in [-0.05, 0) is 25.3 Å². The molecule has 0 aliphatic carbocycles. The van der Waals surface area contributed by atoms with Crippen molar-refractivity contribution in [3.63, 3.8) is 0 Å². The Hall–Kier alpha value is -1.35. The third kappa shape index (κ3) is 1.84. The van der Waals surface area contributed by atoms with Gasteiger partial charge in [-0.25, -0.2) is 0 Å². The van der Waals surface area contributed by atoms with E-state index >= 15 is 0 Å². The van der Waals surface area contributed by atoms with E-state index in [1.165, 1.54) is 0 Å². The average molecular weight is 233 g/mol. The van der Waals surface area contributed by atoms with Gasteiger partial charge in [0.05, 0.1) is 0 Å². The maximum absolute atomic E-state index is 12.2. The number of rotatable bonds is 3. The van der Waals surface area contributed by atoms with Gasteiger partial charge in [0, 0.05) is 0 Å². The molecule has 92 valence electrons. The van der Waals surface area contributed by atoms with Crippen LogP contribution in [0.4, 0.5) is 0 Å². The zero-order valence-electron chi connectivity index (χ0n) is 10.6. The molecule has 1 fully saturated rings. The van der Waals surface area contributed by atoms with Gasteiger partial charge in [-0.1, -0.05) is 44.2 Å². The Morgan fingerprint density at radius 3 is 2.24 bits per heavy atom. The van der Waals surface area contributed by atoms with Crippen LogP contribution < -0.4 is 5.32 Å². The molecular weight excluding hydrogens is 214 g/mol. The fourth-order valence-corrected chi connectivity index (χ4v) is 2.31. The molecule has 1 aliphatic heterocycles. The normalized spacial score (nSPS) is 26.9. The smallest absolute Gasteiger partial charge is 0.258 e. The second-order valence-corrected chi connectivity index (χ2v) is 4.66. The Labute approximate surface area is 102 Å². The molecule has 0 aromatic heterocycles. The van der Waals surface area contributed by atoms with Gasteiger partial charge in [-0.15, -0.1) is 0 Å². The summed E-state index contributed by atoms with van der Waals surface area (Å²) >= 11 is 0. The molecular formula is C14H19NO2. The van der Waals surface area contributed by atoms with Crippen LogP contribution in [-0.2, 0) is 15.1 Å². The molecule has 1 aromatic carbocycles. The van der Waals surface area contributed by atoms with E-state index in [0.717, 1.165) is 18.4 Å². The van der Waals surface area contributed by atoms with Crippen LogP contribution >= 0.6 is 0 Å². The van der Waals surface area contributed by atoms with Crippen LogP contribution in [-0.4, -0.2) is 11.6 Å². The molecule has 1 aliphatic rings. The molecule has 1 unspecified atom stereocenters. The Balaban J connectivity index is 2.37. The van der Waals surface area contributed by atoms with Crippen LogP contribution in [0.15, 0.2) is 30.3 Å². The van der Waals surface area contributed by atoms with Gasteiger partial charge in [0.15, 0.2) is 5.60 Å². The lowest BCUT2D eigenvalue weighted by Crippen LogP contribution is -2.41. The van der Waals surface area contributed by atoms with Crippen molar-refractivity contribution >= 4 is 5.91 Å². The maximum atomic E-state index is 12.2. The van der Waals surface area contributed by atoms with Gasteiger partial charge in [0.1, 0.15) is 5.72 Å². The first-order valence-electron chi connectivity index (χ1n) is 6.14. The minimum absolute atomic E-state index is 0.0487. The monoisotopic (exact) mass is 233 g/mol. The minimum Gasteiger partial charge on any atom is -0.335 e. The van der Waals surface area contributed by atoms with Gasteiger partial charge >= 0.3 is 0 Å². The number of carbonyl (C=O) groups excluding carboxylic acids is 1. The Morgan fingerprint density at radius 2 is 1.76 bits per heavy atom. The van der Waals surface area contributed by atoms with Crippen molar-refractivity contribution in [1.29, 1.82) is 0 Å². The topological polar surface area (TPSA) is 38.3 Å². The van der Waals surface area contributed by atoms with E-state index < -0.39 is 11.3 Å². The van der Waals surface area contributed by atoms with Crippen molar-refractivity contribution in [3.05, 3.63) is 35.9 Å². The Kier molecular flexibility index (Phi) is 2.96. The first kappa shape index (κ1) is 12.1. The van der Waals surface area contributed by atoms with Crippen LogP contribution in [0.3, 0.4) is 0 Å². The summed E-state index contributed by atoms with van der Waals surface area (Å²) in [5.74, 6) is -0.0487. The number of hydrogen-bond donors (Lipinski definition) is 1. The lowest BCUT2D eigenvalue weighted by atomic mass is 9.96. The number of hydrogen-bond acceptors (Lipinski definition) is 2. The van der Waals surface area contributed by atoms with Crippen molar-refractivity contribution in [2.24, 2.45) is 0 Å². The molecule has 1 N–H and O–H groups in total. The fraction of sp³-hybridized carbons (Fsp3) is 0.500. The number of benzene rings is 1. The molecule has 3 nitrogen and oxygen atoms in total. The predicted molar refractivity (Wildman–Crippen MR) is 66.3 cm³/mol. The highest BCUT2D eigenvalue weighted by Gasteiger charge is 2.51. The quantitative estimate of drug-likeness (QED) is 0.871. The van der Waals surface area contributed by atoms with Gasteiger partial charge in [0.2, 0.25) is 0 Å². The van der Waals surface area contributed by atoms with E-state index in [-0.39, 0.29) is 5.91 Å². The van der Waals surface area contributed by atoms with Crippen molar-refractivity contribution in [3.8, 4) is 0 Å². The minimum atomic E-state index is -0.868. The highest BCUT2D eigenvalue weighted by molar-refractivity contribution is 5.88. The van der Waals surface area contributed by atoms with Crippen molar-refractivity contribution in [2.45, 2.75) is 44.9 Å². The lowest BCUT2D eigenvalue weighted by molar-refractivity contribution is -0.140. The van der Waals surface area contributed by atoms with Crippen LogP contribution in [0.2, 0.25) is 0 Å². The molecule has 2 rings (SSSR count). The zero-order valence-corrected chi connectivity index (χ0v) is 10.6. The van der Waals surface area contributed by atoms with E-state index in [2.05, 4.69) is 5.32 Å². The second kappa shape index (κ2) is 4.15. The molecule has 1 amide bonds. The number of amides is 1. The van der Waals surface area contributed by atoms with Gasteiger partial charge in [-0.2, -0.15) is 0 Å². The van der Waals surface area contributed by atoms with Gasteiger partial charge in [-0.3, -0.25) is 4.79 Å². The summed E-state index contributed by atoms with van der Waals surface area (Å²) in [6.07, 6.45) is 1.55. The maximum Gasteiger partial charge on any atom is 0.258 e. The van der Waals surface area contributed by atoms with Crippen LogP contribution in [0.1, 0.15) is 39.2 Å². The van der Waals surface area contributed by atoms with Gasteiger partial charge < -0.3 is 10.1 Å². The molecule has 1 aromatic rings. The number of nitrogens with one attached hydrogen (secondary N) is 1. The van der Waals surface area contributed by atoms with E-state index in [4.69, 9.17) is 4.74 Å². The summed E-state index contributed by atoms with van der Waals surface area (Å²) < 4.78 is 6.07. The third-order valence-electron chi connectivity index (χ3n) is 3.64. The molecule has 1 saturated heterocycles. The Bertz CT molecular complexity index is 411. The summed E-state index contributed by atoms with van der Waals surface area (Å²) in [7, 11) is 0. The summed E-state index contributed by atoms with van der Waals surface area (Å²) in [5.41, 5.74) is -0.476. The fourth-order valence-electron chi connectivity index (χ4n) is 2.31. The van der Waals surface area contributed by atoms with E-state index in [9.17, 15) is 4.79 Å². The SMILES string of the molecule is CCC1(CC)NC(=O)C(C)(c2ccccc2)O1. The highest BCUT2D eigenvalue weighted by Crippen LogP contribution is 2.38. The summed E-state index contributed by atoms with van der Waals surface area (Å²) in [4.78, 5) is 12.2. The Morgan fingerprint density at radius 1 is 1.18 bits per heavy atom. The van der Waals surface area contributed by atoms with Crippen LogP contribution in [0.5, 0.6) is 0 Å². The summed E-state index contributed by atoms with van der Waals surface area (Å²) in [6.45, 7) is 5.89. The molecule has 0 saturated carbocycles. The van der Waals surface area contributed by atoms with E-state index in [1.807, 2.05) is 51.1 Å². The van der Waals surface area contributed by atoms with E-state index in [1.54, 1.807) is 0 Å². The van der Waals surface area contributed by atoms with Crippen molar-refractivity contribution < 1.29 is 9.53 Å². The van der Waals surface area contributed by atoms with Crippen LogP contribution in [0, 0.1) is 0 Å². The molecule has 0 radical (unpaired) electrons. The molecule has 0 spiro atoms. The predicted octanol–water partition coefficient (Wildman–Crippen LogP) is 2.56. The molecule has 3 heteroatoms. The zero-order chi connectivity index (χ0) is 12.5. The van der Waals surface area contributed by atoms with Crippen molar-refractivity contribution in [2.75, 3.05) is 0 Å². The number of carbonyl (C=O) groups is 1. The third-order valence-corrected chi connectivity index (χ3v) is 3.64. The van der Waals surface area contributed by atoms with Gasteiger partial charge in [0.25, 0.3) is 5.91 Å². The summed E-state index contributed by atoms with van der Waals surface area (Å²) in [5, 5.41) is 2.99. The summed E-state index contributed by atoms with van der Waals surface area (Å²) in [6, 6.07) is 9.65. The van der Waals surface area contributed by atoms with E-state index in [0.29, 0.717) is 0 Å². The molecule has 1 atom stereocenters. The van der Waals surface area contributed by atoms with Crippen LogP contribution in [0.25, 0.3) is 0 Å². The standard InChI is InChI=1S/C14H19NO2/c1-4-14(5-2)15-12(16)13(3,17-14)11-9-7-6-8-10-11/h6-10H,4-5H2,1-3H3,(H,15,16). The average Bonchev–Trinajstić information content (AvgIpc) is 2.65. The molecule has 1 heterocycles. The lowest BCUT2D eigenvalue weighted by Gasteiger charge is -2.29. The largest absolute Gasteiger partial charge is 0.335 e.